The van der Waals surface area contributed by atoms with E-state index in [1.807, 2.05) is 0 Å². The van der Waals surface area contributed by atoms with Crippen molar-refractivity contribution in [2.45, 2.75) is 41.5 Å². The summed E-state index contributed by atoms with van der Waals surface area (Å²) in [7, 11) is 0. The molecule has 0 aliphatic rings. The Morgan fingerprint density at radius 3 is 1.13 bits per heavy atom. The fraction of sp³-hybridized carbons (Fsp3) is 0.533. The average molecular weight is 200 g/mol. The van der Waals surface area contributed by atoms with Crippen LogP contribution in [0.15, 0.2) is 16.9 Å². The van der Waals surface area contributed by atoms with Crippen LogP contribution in [-0.2, 0) is 0 Å². The molecule has 0 aliphatic heterocycles. The molecule has 80 valence electrons. The number of hydrogen-bond donors (Lipinski definition) is 0. The van der Waals surface area contributed by atoms with Gasteiger partial charge >= 0.3 is 0 Å². The molecule has 0 spiro atoms. The number of hydrogen-bond acceptors (Lipinski definition) is 0. The van der Waals surface area contributed by atoms with E-state index < -0.39 is 0 Å². The Hall–Kier alpha value is -1.36. The van der Waals surface area contributed by atoms with Crippen molar-refractivity contribution < 1.29 is 0 Å². The highest BCUT2D eigenvalue weighted by Gasteiger charge is 2.18. The second kappa shape index (κ2) is 4.44. The summed E-state index contributed by atoms with van der Waals surface area (Å²) in [5, 5.41) is 0. The second-order valence-corrected chi connectivity index (χ2v) is 5.66. The van der Waals surface area contributed by atoms with Crippen LogP contribution < -0.4 is 0 Å². The van der Waals surface area contributed by atoms with Gasteiger partial charge in [0.25, 0.3) is 0 Å². The van der Waals surface area contributed by atoms with Crippen LogP contribution in [-0.4, -0.2) is 0 Å². The lowest BCUT2D eigenvalue weighted by atomic mass is 9.83. The Kier molecular flexibility index (Phi) is 4.04. The van der Waals surface area contributed by atoms with Gasteiger partial charge in [0.2, 0.25) is 0 Å². The maximum atomic E-state index is 5.47. The van der Waals surface area contributed by atoms with E-state index in [9.17, 15) is 0 Å². The molecule has 0 nitrogen and oxygen atoms in total. The Morgan fingerprint density at radius 1 is 0.733 bits per heavy atom. The molecule has 0 aromatic carbocycles. The van der Waals surface area contributed by atoms with Gasteiger partial charge in [-0.25, -0.2) is 0 Å². The van der Waals surface area contributed by atoms with Gasteiger partial charge in [0.05, 0.1) is 0 Å². The van der Waals surface area contributed by atoms with Gasteiger partial charge < -0.3 is 0 Å². The van der Waals surface area contributed by atoms with Gasteiger partial charge in [-0.15, -0.1) is 12.8 Å². The van der Waals surface area contributed by atoms with E-state index in [0.717, 1.165) is 11.1 Å². The molecule has 0 radical (unpaired) electrons. The van der Waals surface area contributed by atoms with E-state index in [-0.39, 0.29) is 10.8 Å². The summed E-state index contributed by atoms with van der Waals surface area (Å²) < 4.78 is 0. The lowest BCUT2D eigenvalue weighted by Gasteiger charge is -2.19. The monoisotopic (exact) mass is 200 g/mol. The molecule has 0 atom stereocenters. The summed E-state index contributed by atoms with van der Waals surface area (Å²) >= 11 is 0. The van der Waals surface area contributed by atoms with Crippen molar-refractivity contribution in [1.29, 1.82) is 0 Å². The van der Waals surface area contributed by atoms with Crippen LogP contribution in [0, 0.1) is 35.5 Å². The second-order valence-electron chi connectivity index (χ2n) is 5.66. The van der Waals surface area contributed by atoms with Gasteiger partial charge in [-0.05, 0) is 0 Å². The Labute approximate surface area is 94.5 Å². The van der Waals surface area contributed by atoms with Crippen molar-refractivity contribution >= 4 is 0 Å². The standard InChI is InChI=1S/C15H20/c1-9-12(14(3,4)5)11-13(10-2)15(6,7)8/h1-2H,3-8H3. The molecule has 0 heterocycles. The fourth-order valence-electron chi connectivity index (χ4n) is 1.01. The van der Waals surface area contributed by atoms with Gasteiger partial charge in [-0.3, -0.25) is 0 Å². The first-order valence-electron chi connectivity index (χ1n) is 5.08. The van der Waals surface area contributed by atoms with Crippen molar-refractivity contribution in [3.63, 3.8) is 0 Å². The van der Waals surface area contributed by atoms with Crippen LogP contribution in [0.3, 0.4) is 0 Å². The Morgan fingerprint density at radius 2 is 1.00 bits per heavy atom. The van der Waals surface area contributed by atoms with Crippen molar-refractivity contribution in [2.24, 2.45) is 10.8 Å². The van der Waals surface area contributed by atoms with Crippen molar-refractivity contribution in [3.05, 3.63) is 16.9 Å². The minimum Gasteiger partial charge on any atom is -0.114 e. The molecule has 0 amide bonds. The van der Waals surface area contributed by atoms with Gasteiger partial charge in [0.15, 0.2) is 0 Å². The summed E-state index contributed by atoms with van der Waals surface area (Å²) in [5.74, 6) is 5.34. The molecule has 0 N–H and O–H groups in total. The lowest BCUT2D eigenvalue weighted by Crippen LogP contribution is -2.10. The van der Waals surface area contributed by atoms with Crippen molar-refractivity contribution in [3.8, 4) is 24.7 Å². The van der Waals surface area contributed by atoms with Crippen LogP contribution >= 0.6 is 0 Å². The SMILES string of the molecule is C#CC(=C=C(C#C)C(C)(C)C)C(C)(C)C. The molecule has 0 aliphatic carbocycles. The van der Waals surface area contributed by atoms with E-state index >= 15 is 0 Å². The minimum atomic E-state index is -0.0813. The van der Waals surface area contributed by atoms with Crippen LogP contribution in [0.25, 0.3) is 0 Å². The predicted octanol–water partition coefficient (Wildman–Crippen LogP) is 3.80. The molecular formula is C15H20. The first-order chi connectivity index (χ1) is 6.62. The summed E-state index contributed by atoms with van der Waals surface area (Å²) in [6.07, 6.45) is 10.9. The fourth-order valence-corrected chi connectivity index (χ4v) is 1.01. The number of allylic oxidation sites excluding steroid dienone is 1. The molecular weight excluding hydrogens is 180 g/mol. The van der Waals surface area contributed by atoms with Crippen LogP contribution in [0.4, 0.5) is 0 Å². The van der Waals surface area contributed by atoms with Gasteiger partial charge in [0, 0.05) is 22.0 Å². The first kappa shape index (κ1) is 13.6. The highest BCUT2D eigenvalue weighted by molar-refractivity contribution is 5.38. The molecule has 0 aromatic heterocycles. The molecule has 0 bridgehead atoms. The smallest absolute Gasteiger partial charge is 0.0498 e. The van der Waals surface area contributed by atoms with E-state index in [1.54, 1.807) is 0 Å². The summed E-state index contributed by atoms with van der Waals surface area (Å²) in [5.41, 5.74) is 4.68. The first-order valence-corrected chi connectivity index (χ1v) is 5.08. The summed E-state index contributed by atoms with van der Waals surface area (Å²) in [6.45, 7) is 12.4. The van der Waals surface area contributed by atoms with Gasteiger partial charge in [0.1, 0.15) is 0 Å². The predicted molar refractivity (Wildman–Crippen MR) is 67.1 cm³/mol. The van der Waals surface area contributed by atoms with E-state index in [2.05, 4.69) is 59.1 Å². The quantitative estimate of drug-likeness (QED) is 0.412. The third-order valence-corrected chi connectivity index (χ3v) is 2.04. The molecule has 0 rings (SSSR count). The molecule has 0 aromatic rings. The molecule has 0 fully saturated rings. The minimum absolute atomic E-state index is 0.0812. The summed E-state index contributed by atoms with van der Waals surface area (Å²) in [6, 6.07) is 0. The Balaban J connectivity index is 5.79. The summed E-state index contributed by atoms with van der Waals surface area (Å²) in [4.78, 5) is 0. The molecule has 0 unspecified atom stereocenters. The van der Waals surface area contributed by atoms with Crippen LogP contribution in [0.1, 0.15) is 41.5 Å². The number of terminal acetylenes is 2. The maximum Gasteiger partial charge on any atom is 0.0498 e. The largest absolute Gasteiger partial charge is 0.114 e. The normalized spacial score (nSPS) is 10.9. The number of rotatable bonds is 0. The van der Waals surface area contributed by atoms with Gasteiger partial charge in [-0.1, -0.05) is 59.1 Å². The Bertz CT molecular complexity index is 336. The lowest BCUT2D eigenvalue weighted by molar-refractivity contribution is 0.509. The highest BCUT2D eigenvalue weighted by atomic mass is 14.2. The molecule has 15 heavy (non-hydrogen) atoms. The zero-order valence-electron chi connectivity index (χ0n) is 10.7. The third-order valence-electron chi connectivity index (χ3n) is 2.04. The van der Waals surface area contributed by atoms with Crippen molar-refractivity contribution in [1.82, 2.24) is 0 Å². The van der Waals surface area contributed by atoms with Crippen molar-refractivity contribution in [2.75, 3.05) is 0 Å². The van der Waals surface area contributed by atoms with E-state index in [1.165, 1.54) is 0 Å². The third kappa shape index (κ3) is 4.12. The van der Waals surface area contributed by atoms with E-state index in [0.29, 0.717) is 0 Å². The molecule has 0 saturated heterocycles. The van der Waals surface area contributed by atoms with Crippen LogP contribution in [0.2, 0.25) is 0 Å². The topological polar surface area (TPSA) is 0 Å². The highest BCUT2D eigenvalue weighted by Crippen LogP contribution is 2.28. The van der Waals surface area contributed by atoms with Crippen LogP contribution in [0.5, 0.6) is 0 Å². The average Bonchev–Trinajstić information content (AvgIpc) is 2.01. The van der Waals surface area contributed by atoms with Gasteiger partial charge in [-0.2, -0.15) is 0 Å². The zero-order valence-corrected chi connectivity index (χ0v) is 10.7. The zero-order chi connectivity index (χ0) is 12.3. The molecule has 0 saturated carbocycles. The maximum absolute atomic E-state index is 5.47. The molecule has 0 heteroatoms. The van der Waals surface area contributed by atoms with E-state index in [4.69, 9.17) is 12.8 Å².